The van der Waals surface area contributed by atoms with Gasteiger partial charge in [-0.2, -0.15) is 4.31 Å². The maximum absolute atomic E-state index is 13.1. The van der Waals surface area contributed by atoms with Crippen LogP contribution in [0.3, 0.4) is 0 Å². The summed E-state index contributed by atoms with van der Waals surface area (Å²) in [6.45, 7) is 1.57. The molecule has 0 saturated carbocycles. The van der Waals surface area contributed by atoms with Gasteiger partial charge in [0.1, 0.15) is 5.82 Å². The standard InChI is InChI=1S/C22H24FN3O4S/c23-18-6-10-20(11-7-18)31(29,30)25-15-13-24(14-16-25)22(28)17-4-8-19(9-5-17)26-12-2-1-3-21(26)27/h4-11H,1-3,12-16H2. The number of nitrogens with zero attached hydrogens (tertiary/aromatic N) is 3. The van der Waals surface area contributed by atoms with Crippen LogP contribution < -0.4 is 4.90 Å². The monoisotopic (exact) mass is 445 g/mol. The summed E-state index contributed by atoms with van der Waals surface area (Å²) < 4.78 is 39.9. The van der Waals surface area contributed by atoms with Gasteiger partial charge in [0, 0.05) is 50.4 Å². The van der Waals surface area contributed by atoms with E-state index in [1.807, 2.05) is 0 Å². The van der Waals surface area contributed by atoms with E-state index in [0.717, 1.165) is 30.7 Å². The first-order valence-corrected chi connectivity index (χ1v) is 11.8. The lowest BCUT2D eigenvalue weighted by Crippen LogP contribution is -2.50. The molecule has 0 radical (unpaired) electrons. The minimum atomic E-state index is -3.72. The SMILES string of the molecule is O=C(c1ccc(N2CCCCC2=O)cc1)N1CCN(S(=O)(=O)c2ccc(F)cc2)CC1. The van der Waals surface area contributed by atoms with Crippen LogP contribution in [0.2, 0.25) is 0 Å². The summed E-state index contributed by atoms with van der Waals surface area (Å²) in [5.41, 5.74) is 1.29. The van der Waals surface area contributed by atoms with Crippen LogP contribution in [0.15, 0.2) is 53.4 Å². The molecule has 0 aromatic heterocycles. The van der Waals surface area contributed by atoms with E-state index in [9.17, 15) is 22.4 Å². The van der Waals surface area contributed by atoms with E-state index in [4.69, 9.17) is 0 Å². The third kappa shape index (κ3) is 4.47. The van der Waals surface area contributed by atoms with Crippen LogP contribution >= 0.6 is 0 Å². The van der Waals surface area contributed by atoms with Gasteiger partial charge in [-0.15, -0.1) is 0 Å². The highest BCUT2D eigenvalue weighted by Crippen LogP contribution is 2.23. The lowest BCUT2D eigenvalue weighted by molar-refractivity contribution is -0.119. The Morgan fingerprint density at radius 2 is 1.48 bits per heavy atom. The number of sulfonamides is 1. The number of benzene rings is 2. The summed E-state index contributed by atoms with van der Waals surface area (Å²) in [6, 6.07) is 11.7. The van der Waals surface area contributed by atoms with Gasteiger partial charge in [0.15, 0.2) is 0 Å². The normalized spacial score (nSPS) is 18.3. The van der Waals surface area contributed by atoms with E-state index in [-0.39, 0.29) is 42.9 Å². The largest absolute Gasteiger partial charge is 0.336 e. The summed E-state index contributed by atoms with van der Waals surface area (Å²) in [6.07, 6.45) is 2.43. The second-order valence-corrected chi connectivity index (χ2v) is 9.64. The maximum Gasteiger partial charge on any atom is 0.253 e. The van der Waals surface area contributed by atoms with Crippen molar-refractivity contribution in [3.05, 3.63) is 59.9 Å². The molecule has 0 aliphatic carbocycles. The number of hydrogen-bond donors (Lipinski definition) is 0. The highest BCUT2D eigenvalue weighted by molar-refractivity contribution is 7.89. The molecule has 2 saturated heterocycles. The number of hydrogen-bond acceptors (Lipinski definition) is 4. The van der Waals surface area contributed by atoms with Crippen molar-refractivity contribution in [2.45, 2.75) is 24.2 Å². The van der Waals surface area contributed by atoms with Gasteiger partial charge < -0.3 is 9.80 Å². The van der Waals surface area contributed by atoms with Crippen molar-refractivity contribution in [2.24, 2.45) is 0 Å². The first-order valence-electron chi connectivity index (χ1n) is 10.3. The Kier molecular flexibility index (Phi) is 6.06. The molecule has 9 heteroatoms. The predicted octanol–water partition coefficient (Wildman–Crippen LogP) is 2.49. The van der Waals surface area contributed by atoms with Gasteiger partial charge in [-0.05, 0) is 61.4 Å². The first-order chi connectivity index (χ1) is 14.9. The van der Waals surface area contributed by atoms with Crippen molar-refractivity contribution >= 4 is 27.5 Å². The number of carbonyl (C=O) groups excluding carboxylic acids is 2. The van der Waals surface area contributed by atoms with Crippen LogP contribution in [0, 0.1) is 5.82 Å². The highest BCUT2D eigenvalue weighted by Gasteiger charge is 2.30. The van der Waals surface area contributed by atoms with E-state index in [2.05, 4.69) is 0 Å². The number of amides is 2. The van der Waals surface area contributed by atoms with Crippen LogP contribution in [-0.4, -0.2) is 62.2 Å². The molecule has 0 N–H and O–H groups in total. The fourth-order valence-corrected chi connectivity index (χ4v) is 5.35. The van der Waals surface area contributed by atoms with E-state index in [0.29, 0.717) is 18.5 Å². The van der Waals surface area contributed by atoms with Crippen LogP contribution in [0.25, 0.3) is 0 Å². The number of halogens is 1. The quantitative estimate of drug-likeness (QED) is 0.725. The Bertz CT molecular complexity index is 1060. The highest BCUT2D eigenvalue weighted by atomic mass is 32.2. The molecule has 0 spiro atoms. The van der Waals surface area contributed by atoms with Crippen molar-refractivity contribution in [1.82, 2.24) is 9.21 Å². The molecule has 4 rings (SSSR count). The van der Waals surface area contributed by atoms with Gasteiger partial charge in [-0.25, -0.2) is 12.8 Å². The van der Waals surface area contributed by atoms with Gasteiger partial charge in [0.2, 0.25) is 15.9 Å². The number of carbonyl (C=O) groups is 2. The van der Waals surface area contributed by atoms with Gasteiger partial charge in [0.25, 0.3) is 5.91 Å². The first kappa shape index (κ1) is 21.5. The third-order valence-electron chi connectivity index (χ3n) is 5.73. The van der Waals surface area contributed by atoms with Crippen molar-refractivity contribution in [2.75, 3.05) is 37.6 Å². The van der Waals surface area contributed by atoms with Crippen molar-refractivity contribution in [3.63, 3.8) is 0 Å². The molecular weight excluding hydrogens is 421 g/mol. The molecular formula is C22H24FN3O4S. The Morgan fingerprint density at radius 3 is 2.10 bits per heavy atom. The van der Waals surface area contributed by atoms with E-state index >= 15 is 0 Å². The minimum Gasteiger partial charge on any atom is -0.336 e. The molecule has 2 heterocycles. The lowest BCUT2D eigenvalue weighted by Gasteiger charge is -2.34. The molecule has 31 heavy (non-hydrogen) atoms. The number of rotatable bonds is 4. The summed E-state index contributed by atoms with van der Waals surface area (Å²) in [5.74, 6) is -0.566. The molecule has 2 aromatic rings. The second kappa shape index (κ2) is 8.76. The molecule has 0 bridgehead atoms. The molecule has 2 fully saturated rings. The Morgan fingerprint density at radius 1 is 0.839 bits per heavy atom. The number of piperidine rings is 1. The van der Waals surface area contributed by atoms with E-state index in [1.165, 1.54) is 16.4 Å². The zero-order valence-electron chi connectivity index (χ0n) is 17.0. The van der Waals surface area contributed by atoms with Gasteiger partial charge in [-0.3, -0.25) is 9.59 Å². The average Bonchev–Trinajstić information content (AvgIpc) is 2.79. The lowest BCUT2D eigenvalue weighted by atomic mass is 10.1. The summed E-state index contributed by atoms with van der Waals surface area (Å²) in [5, 5.41) is 0. The molecule has 2 amide bonds. The summed E-state index contributed by atoms with van der Waals surface area (Å²) in [7, 11) is -3.72. The van der Waals surface area contributed by atoms with Crippen LogP contribution in [-0.2, 0) is 14.8 Å². The molecule has 2 aliphatic heterocycles. The molecule has 0 unspecified atom stereocenters. The summed E-state index contributed by atoms with van der Waals surface area (Å²) in [4.78, 5) is 28.3. The summed E-state index contributed by atoms with van der Waals surface area (Å²) >= 11 is 0. The smallest absolute Gasteiger partial charge is 0.253 e. The van der Waals surface area contributed by atoms with Crippen LogP contribution in [0.5, 0.6) is 0 Å². The molecule has 164 valence electrons. The van der Waals surface area contributed by atoms with Crippen molar-refractivity contribution in [1.29, 1.82) is 0 Å². The fraction of sp³-hybridized carbons (Fsp3) is 0.364. The fourth-order valence-electron chi connectivity index (χ4n) is 3.93. The van der Waals surface area contributed by atoms with Crippen LogP contribution in [0.4, 0.5) is 10.1 Å². The maximum atomic E-state index is 13.1. The van der Waals surface area contributed by atoms with E-state index < -0.39 is 15.8 Å². The van der Waals surface area contributed by atoms with E-state index in [1.54, 1.807) is 34.1 Å². The Hall–Kier alpha value is -2.78. The second-order valence-electron chi connectivity index (χ2n) is 7.70. The average molecular weight is 446 g/mol. The Labute approximate surface area is 181 Å². The third-order valence-corrected chi connectivity index (χ3v) is 7.64. The van der Waals surface area contributed by atoms with Gasteiger partial charge >= 0.3 is 0 Å². The molecule has 0 atom stereocenters. The molecule has 2 aromatic carbocycles. The van der Waals surface area contributed by atoms with Crippen molar-refractivity contribution in [3.8, 4) is 0 Å². The minimum absolute atomic E-state index is 0.0384. The topological polar surface area (TPSA) is 78.0 Å². The zero-order chi connectivity index (χ0) is 22.0. The predicted molar refractivity (Wildman–Crippen MR) is 114 cm³/mol. The molecule has 2 aliphatic rings. The van der Waals surface area contributed by atoms with Crippen LogP contribution in [0.1, 0.15) is 29.6 Å². The molecule has 7 nitrogen and oxygen atoms in total. The zero-order valence-corrected chi connectivity index (χ0v) is 17.9. The number of piperazine rings is 1. The number of anilines is 1. The Balaban J connectivity index is 1.39. The van der Waals surface area contributed by atoms with Crippen molar-refractivity contribution < 1.29 is 22.4 Å². The van der Waals surface area contributed by atoms with Gasteiger partial charge in [0.05, 0.1) is 4.90 Å². The van der Waals surface area contributed by atoms with Gasteiger partial charge in [-0.1, -0.05) is 0 Å².